The molecular formula is C17H21ClN2O2S. The third kappa shape index (κ3) is 4.59. The predicted molar refractivity (Wildman–Crippen MR) is 96.3 cm³/mol. The molecule has 2 amide bonds. The number of halogens is 1. The zero-order valence-electron chi connectivity index (χ0n) is 13.4. The summed E-state index contributed by atoms with van der Waals surface area (Å²) >= 11 is 7.09. The molecule has 1 aliphatic heterocycles. The third-order valence-electron chi connectivity index (χ3n) is 3.49. The minimum absolute atomic E-state index is 0.217. The standard InChI is InChI=1S/C17H21ClN2O2S/c1-3-9-19(10-4-2)12-20-16(21)15(23-17(20)22)11-13-7-5-6-8-14(13)18/h5-8,11H,3-4,9-10,12H2,1-2H3/b15-11+. The average molecular weight is 353 g/mol. The molecule has 0 aromatic heterocycles. The van der Waals surface area contributed by atoms with Crippen LogP contribution in [0.3, 0.4) is 0 Å². The van der Waals surface area contributed by atoms with Crippen molar-refractivity contribution in [3.05, 3.63) is 39.8 Å². The molecule has 1 saturated heterocycles. The maximum absolute atomic E-state index is 12.5. The molecular weight excluding hydrogens is 332 g/mol. The Morgan fingerprint density at radius 1 is 1.17 bits per heavy atom. The van der Waals surface area contributed by atoms with Crippen LogP contribution in [0.4, 0.5) is 4.79 Å². The van der Waals surface area contributed by atoms with Crippen molar-refractivity contribution in [3.63, 3.8) is 0 Å². The number of benzene rings is 1. The molecule has 0 aliphatic carbocycles. The molecule has 1 heterocycles. The highest BCUT2D eigenvalue weighted by molar-refractivity contribution is 8.18. The first kappa shape index (κ1) is 18.0. The second kappa shape index (κ2) is 8.52. The number of rotatable bonds is 7. The first-order chi connectivity index (χ1) is 11.1. The van der Waals surface area contributed by atoms with Crippen LogP contribution in [0.1, 0.15) is 32.3 Å². The highest BCUT2D eigenvalue weighted by atomic mass is 35.5. The van der Waals surface area contributed by atoms with Gasteiger partial charge < -0.3 is 0 Å². The molecule has 0 N–H and O–H groups in total. The van der Waals surface area contributed by atoms with Crippen molar-refractivity contribution >= 4 is 40.6 Å². The van der Waals surface area contributed by atoms with Crippen LogP contribution in [0, 0.1) is 0 Å². The van der Waals surface area contributed by atoms with E-state index in [0.29, 0.717) is 16.6 Å². The lowest BCUT2D eigenvalue weighted by Crippen LogP contribution is -2.41. The molecule has 4 nitrogen and oxygen atoms in total. The Morgan fingerprint density at radius 3 is 2.43 bits per heavy atom. The van der Waals surface area contributed by atoms with Crippen LogP contribution in [-0.4, -0.2) is 40.7 Å². The summed E-state index contributed by atoms with van der Waals surface area (Å²) in [6.45, 7) is 6.28. The summed E-state index contributed by atoms with van der Waals surface area (Å²) in [5.74, 6) is -0.239. The predicted octanol–water partition coefficient (Wildman–Crippen LogP) is 4.46. The fourth-order valence-electron chi connectivity index (χ4n) is 2.44. The molecule has 1 aromatic rings. The van der Waals surface area contributed by atoms with Crippen molar-refractivity contribution in [3.8, 4) is 0 Å². The number of hydrogen-bond acceptors (Lipinski definition) is 4. The smallest absolute Gasteiger partial charge is 0.286 e. The Labute approximate surface area is 146 Å². The van der Waals surface area contributed by atoms with Gasteiger partial charge in [0.05, 0.1) is 11.6 Å². The van der Waals surface area contributed by atoms with Crippen LogP contribution in [-0.2, 0) is 4.79 Å². The number of nitrogens with zero attached hydrogens (tertiary/aromatic N) is 2. The molecule has 0 saturated carbocycles. The topological polar surface area (TPSA) is 40.6 Å². The van der Waals surface area contributed by atoms with E-state index in [1.165, 1.54) is 4.90 Å². The molecule has 1 fully saturated rings. The summed E-state index contributed by atoms with van der Waals surface area (Å²) in [6, 6.07) is 7.28. The van der Waals surface area contributed by atoms with Crippen molar-refractivity contribution in [2.75, 3.05) is 19.8 Å². The number of thioether (sulfide) groups is 1. The summed E-state index contributed by atoms with van der Waals surface area (Å²) in [5, 5.41) is 0.350. The van der Waals surface area contributed by atoms with Gasteiger partial charge in [-0.3, -0.25) is 19.4 Å². The molecule has 6 heteroatoms. The van der Waals surface area contributed by atoms with E-state index >= 15 is 0 Å². The van der Waals surface area contributed by atoms with Gasteiger partial charge in [0.25, 0.3) is 11.1 Å². The van der Waals surface area contributed by atoms with Crippen LogP contribution in [0.5, 0.6) is 0 Å². The molecule has 0 atom stereocenters. The zero-order chi connectivity index (χ0) is 16.8. The second-order valence-electron chi connectivity index (χ2n) is 5.39. The number of imide groups is 1. The largest absolute Gasteiger partial charge is 0.294 e. The normalized spacial score (nSPS) is 16.9. The van der Waals surface area contributed by atoms with Crippen molar-refractivity contribution in [1.82, 2.24) is 9.80 Å². The summed E-state index contributed by atoms with van der Waals surface area (Å²) in [5.41, 5.74) is 0.749. The minimum Gasteiger partial charge on any atom is -0.286 e. The fourth-order valence-corrected chi connectivity index (χ4v) is 3.45. The number of hydrogen-bond donors (Lipinski definition) is 0. The Balaban J connectivity index is 2.15. The summed E-state index contributed by atoms with van der Waals surface area (Å²) in [6.07, 6.45) is 3.68. The van der Waals surface area contributed by atoms with Crippen LogP contribution in [0.15, 0.2) is 29.2 Å². The summed E-state index contributed by atoms with van der Waals surface area (Å²) in [7, 11) is 0. The van der Waals surface area contributed by atoms with Gasteiger partial charge in [0.15, 0.2) is 0 Å². The van der Waals surface area contributed by atoms with Crippen molar-refractivity contribution in [2.24, 2.45) is 0 Å². The SMILES string of the molecule is CCCN(CCC)CN1C(=O)S/C(=C/c2ccccc2Cl)C1=O. The maximum atomic E-state index is 12.5. The maximum Gasteiger partial charge on any atom is 0.294 e. The highest BCUT2D eigenvalue weighted by Crippen LogP contribution is 2.33. The molecule has 0 spiro atoms. The van der Waals surface area contributed by atoms with E-state index in [1.54, 1.807) is 12.1 Å². The van der Waals surface area contributed by atoms with Crippen LogP contribution >= 0.6 is 23.4 Å². The van der Waals surface area contributed by atoms with E-state index in [1.807, 2.05) is 18.2 Å². The number of amides is 2. The van der Waals surface area contributed by atoms with Gasteiger partial charge in [-0.05, 0) is 55.4 Å². The number of carbonyl (C=O) groups excluding carboxylic acids is 2. The van der Waals surface area contributed by atoms with Crippen molar-refractivity contribution < 1.29 is 9.59 Å². The summed E-state index contributed by atoms with van der Waals surface area (Å²) in [4.78, 5) is 28.6. The van der Waals surface area contributed by atoms with Crippen molar-refractivity contribution in [2.45, 2.75) is 26.7 Å². The van der Waals surface area contributed by atoms with E-state index < -0.39 is 0 Å². The van der Waals surface area contributed by atoms with Crippen molar-refractivity contribution in [1.29, 1.82) is 0 Å². The van der Waals surface area contributed by atoms with E-state index in [9.17, 15) is 9.59 Å². The monoisotopic (exact) mass is 352 g/mol. The molecule has 0 bridgehead atoms. The van der Waals surface area contributed by atoms with Gasteiger partial charge in [-0.2, -0.15) is 0 Å². The Hall–Kier alpha value is -1.30. The van der Waals surface area contributed by atoms with Crippen LogP contribution in [0.2, 0.25) is 5.02 Å². The van der Waals surface area contributed by atoms with Gasteiger partial charge in [-0.1, -0.05) is 43.6 Å². The minimum atomic E-state index is -0.239. The van der Waals surface area contributed by atoms with E-state index in [-0.39, 0.29) is 11.1 Å². The third-order valence-corrected chi connectivity index (χ3v) is 4.74. The van der Waals surface area contributed by atoms with E-state index in [4.69, 9.17) is 11.6 Å². The molecule has 0 radical (unpaired) electrons. The quantitative estimate of drug-likeness (QED) is 0.679. The van der Waals surface area contributed by atoms with Gasteiger partial charge in [0.2, 0.25) is 0 Å². The average Bonchev–Trinajstić information content (AvgIpc) is 2.78. The molecule has 1 aromatic carbocycles. The van der Waals surface area contributed by atoms with Crippen LogP contribution in [0.25, 0.3) is 6.08 Å². The lowest BCUT2D eigenvalue weighted by molar-refractivity contribution is -0.124. The lowest BCUT2D eigenvalue weighted by atomic mass is 10.2. The van der Waals surface area contributed by atoms with E-state index in [0.717, 1.165) is 43.3 Å². The second-order valence-corrected chi connectivity index (χ2v) is 6.79. The van der Waals surface area contributed by atoms with Crippen LogP contribution < -0.4 is 0 Å². The van der Waals surface area contributed by atoms with Gasteiger partial charge >= 0.3 is 0 Å². The Morgan fingerprint density at radius 2 is 1.83 bits per heavy atom. The molecule has 2 rings (SSSR count). The summed E-state index contributed by atoms with van der Waals surface area (Å²) < 4.78 is 0. The Kier molecular flexibility index (Phi) is 6.69. The highest BCUT2D eigenvalue weighted by Gasteiger charge is 2.35. The number of carbonyl (C=O) groups is 2. The molecule has 23 heavy (non-hydrogen) atoms. The lowest BCUT2D eigenvalue weighted by Gasteiger charge is -2.25. The molecule has 124 valence electrons. The molecule has 0 unspecified atom stereocenters. The molecule has 1 aliphatic rings. The zero-order valence-corrected chi connectivity index (χ0v) is 15.0. The first-order valence-corrected chi connectivity index (χ1v) is 8.98. The van der Waals surface area contributed by atoms with E-state index in [2.05, 4.69) is 18.7 Å². The van der Waals surface area contributed by atoms with Gasteiger partial charge in [0.1, 0.15) is 0 Å². The van der Waals surface area contributed by atoms with Gasteiger partial charge in [-0.15, -0.1) is 0 Å². The fraction of sp³-hybridized carbons (Fsp3) is 0.412. The first-order valence-electron chi connectivity index (χ1n) is 7.79. The Bertz CT molecular complexity index is 612. The van der Waals surface area contributed by atoms with Gasteiger partial charge in [0, 0.05) is 5.02 Å². The van der Waals surface area contributed by atoms with Gasteiger partial charge in [-0.25, -0.2) is 0 Å².